The van der Waals surface area contributed by atoms with Crippen LogP contribution >= 0.6 is 11.6 Å². The van der Waals surface area contributed by atoms with E-state index in [0.29, 0.717) is 0 Å². The Bertz CT molecular complexity index is 2290. The molecule has 0 amide bonds. The van der Waals surface area contributed by atoms with Crippen molar-refractivity contribution in [3.8, 4) is 11.1 Å². The number of benzene rings is 5. The van der Waals surface area contributed by atoms with E-state index in [-0.39, 0.29) is 28.9 Å². The number of halogens is 1. The molecule has 0 aromatic heterocycles. The molecule has 0 bridgehead atoms. The van der Waals surface area contributed by atoms with Gasteiger partial charge in [0, 0.05) is 0 Å². The second-order valence-corrected chi connectivity index (χ2v) is 34.6. The van der Waals surface area contributed by atoms with Gasteiger partial charge in [-0.1, -0.05) is 0 Å². The molecular formula is C51H59ClZr. The minimum atomic E-state index is -5.15. The van der Waals surface area contributed by atoms with Crippen LogP contribution in [0.25, 0.3) is 21.9 Å². The monoisotopic (exact) mass is 796 g/mol. The van der Waals surface area contributed by atoms with Gasteiger partial charge in [0.2, 0.25) is 0 Å². The summed E-state index contributed by atoms with van der Waals surface area (Å²) in [5.41, 5.74) is 11.2. The molecule has 0 atom stereocenters. The van der Waals surface area contributed by atoms with Crippen molar-refractivity contribution in [2.45, 2.75) is 112 Å². The summed E-state index contributed by atoms with van der Waals surface area (Å²) in [6.07, 6.45) is 9.50. The van der Waals surface area contributed by atoms with Gasteiger partial charge in [-0.15, -0.1) is 0 Å². The zero-order valence-corrected chi connectivity index (χ0v) is 37.4. The van der Waals surface area contributed by atoms with Gasteiger partial charge >= 0.3 is 328 Å². The standard InChI is InChI=1S/C29H41.C10H7.C6H4Cl.C5H5.CH2.Zr/c1-26(2,3)22-14-18-13-19-15-23(27(4,5)6)25(29(10,11)12)17-21(19)20(18)16-24(22)28(7,8)9;1-2-6-10-8-4-3-7-9(10)5-1;7-6-4-2-1-3-5-6;1-2-4-5-3-1;;/h13-17H,1-12H3;1-7H;2-5H;1-5H;1H2;. The molecule has 7 rings (SSSR count). The van der Waals surface area contributed by atoms with Gasteiger partial charge in [0.05, 0.1) is 0 Å². The third-order valence-electron chi connectivity index (χ3n) is 12.6. The van der Waals surface area contributed by atoms with E-state index in [1.54, 1.807) is 0 Å². The third kappa shape index (κ3) is 5.91. The van der Waals surface area contributed by atoms with E-state index in [1.807, 2.05) is 0 Å². The molecule has 2 aliphatic carbocycles. The van der Waals surface area contributed by atoms with E-state index in [1.165, 1.54) is 61.8 Å². The Balaban J connectivity index is 1.79. The van der Waals surface area contributed by atoms with Crippen molar-refractivity contribution in [1.29, 1.82) is 0 Å². The number of allylic oxidation sites excluding steroid dienone is 4. The fraction of sp³-hybridized carbons (Fsp3) is 0.353. The summed E-state index contributed by atoms with van der Waals surface area (Å²) in [6.45, 7) is 28.6. The van der Waals surface area contributed by atoms with Crippen LogP contribution in [-0.4, -0.2) is 4.21 Å². The van der Waals surface area contributed by atoms with Gasteiger partial charge < -0.3 is 0 Å². The van der Waals surface area contributed by atoms with Gasteiger partial charge in [0.15, 0.2) is 0 Å². The van der Waals surface area contributed by atoms with E-state index in [4.69, 9.17) is 15.8 Å². The average Bonchev–Trinajstić information content (AvgIpc) is 3.73. The molecule has 0 saturated heterocycles. The summed E-state index contributed by atoms with van der Waals surface area (Å²) in [7, 11) is 0. The fourth-order valence-electron chi connectivity index (χ4n) is 10.0. The van der Waals surface area contributed by atoms with Crippen LogP contribution in [0.15, 0.2) is 115 Å². The van der Waals surface area contributed by atoms with Crippen LogP contribution < -0.4 is 6.54 Å². The molecule has 0 saturated carbocycles. The zero-order valence-electron chi connectivity index (χ0n) is 34.2. The summed E-state index contributed by atoms with van der Waals surface area (Å²) in [5, 5.41) is 3.35. The molecule has 0 radical (unpaired) electrons. The van der Waals surface area contributed by atoms with Crippen molar-refractivity contribution in [3.05, 3.63) is 154 Å². The summed E-state index contributed by atoms with van der Waals surface area (Å²) in [4.78, 5) is 0. The van der Waals surface area contributed by atoms with Gasteiger partial charge in [-0.3, -0.25) is 0 Å². The van der Waals surface area contributed by atoms with Crippen LogP contribution in [0.3, 0.4) is 0 Å². The van der Waals surface area contributed by atoms with Gasteiger partial charge in [0.25, 0.3) is 0 Å². The van der Waals surface area contributed by atoms with E-state index in [0.717, 1.165) is 5.02 Å². The molecule has 0 N–H and O–H groups in total. The number of hydrogen-bond acceptors (Lipinski definition) is 0. The first-order valence-corrected chi connectivity index (χ1v) is 27.0. The van der Waals surface area contributed by atoms with E-state index < -0.39 is 18.3 Å². The maximum absolute atomic E-state index is 6.77. The van der Waals surface area contributed by atoms with Crippen LogP contribution in [0.4, 0.5) is 0 Å². The Labute approximate surface area is 326 Å². The van der Waals surface area contributed by atoms with Crippen LogP contribution in [-0.2, 0) is 40.0 Å². The van der Waals surface area contributed by atoms with Crippen LogP contribution in [0.1, 0.15) is 120 Å². The molecular weight excluding hydrogens is 739 g/mol. The molecule has 2 heteroatoms. The van der Waals surface area contributed by atoms with E-state index in [2.05, 4.69) is 198 Å². The Morgan fingerprint density at radius 3 is 1.43 bits per heavy atom. The number of fused-ring (bicyclic) bond motifs is 4. The van der Waals surface area contributed by atoms with Crippen LogP contribution in [0.5, 0.6) is 0 Å². The number of rotatable bonds is 4. The molecule has 2 aliphatic rings. The van der Waals surface area contributed by atoms with Crippen molar-refractivity contribution in [1.82, 2.24) is 0 Å². The molecule has 0 aliphatic heterocycles. The summed E-state index contributed by atoms with van der Waals surface area (Å²) >= 11 is 1.62. The van der Waals surface area contributed by atoms with Gasteiger partial charge in [0.1, 0.15) is 0 Å². The Morgan fingerprint density at radius 2 is 0.962 bits per heavy atom. The molecule has 5 aromatic rings. The summed E-state index contributed by atoms with van der Waals surface area (Å²) in [5.74, 6) is 0. The Morgan fingerprint density at radius 1 is 0.528 bits per heavy atom. The molecule has 274 valence electrons. The Hall–Kier alpha value is -3.12. The second kappa shape index (κ2) is 12.4. The average molecular weight is 799 g/mol. The van der Waals surface area contributed by atoms with Crippen molar-refractivity contribution in [2.24, 2.45) is 0 Å². The molecule has 0 fully saturated rings. The second-order valence-electron chi connectivity index (χ2n) is 20.4. The van der Waals surface area contributed by atoms with Gasteiger partial charge in [-0.05, 0) is 0 Å². The zero-order chi connectivity index (χ0) is 38.5. The molecule has 5 aromatic carbocycles. The Kier molecular flexibility index (Phi) is 8.97. The molecule has 0 spiro atoms. The maximum atomic E-state index is 6.77. The minimum absolute atomic E-state index is 0.0284. The summed E-state index contributed by atoms with van der Waals surface area (Å²) in [6, 6.07) is 35.5. The SMILES string of the molecule is [CH2]=[Zr]([c]1ccc(Cl)cc1)([c]1cccc2ccccc12)([CH]1C=CC=C1)[CH]1c2cc(C(C)(C)C)c(C(C)(C)C)cc2-c2cc(C(C)(C)C)c(C(C)(C)C)cc21. The summed E-state index contributed by atoms with van der Waals surface area (Å²) < 4.78 is 8.99. The van der Waals surface area contributed by atoms with Gasteiger partial charge in [-0.25, -0.2) is 0 Å². The normalized spacial score (nSPS) is 15.7. The topological polar surface area (TPSA) is 0 Å². The first kappa shape index (κ1) is 38.2. The van der Waals surface area contributed by atoms with Crippen molar-refractivity contribution in [2.75, 3.05) is 0 Å². The van der Waals surface area contributed by atoms with Crippen LogP contribution in [0.2, 0.25) is 8.65 Å². The van der Waals surface area contributed by atoms with Crippen molar-refractivity contribution in [3.63, 3.8) is 0 Å². The number of hydrogen-bond donors (Lipinski definition) is 0. The molecule has 0 unspecified atom stereocenters. The molecule has 53 heavy (non-hydrogen) atoms. The predicted molar refractivity (Wildman–Crippen MR) is 232 cm³/mol. The quantitative estimate of drug-likeness (QED) is 0.170. The molecule has 0 heterocycles. The first-order valence-electron chi connectivity index (χ1n) is 19.6. The van der Waals surface area contributed by atoms with Crippen LogP contribution in [0, 0.1) is 0 Å². The van der Waals surface area contributed by atoms with Crippen molar-refractivity contribution >= 4 is 33.1 Å². The van der Waals surface area contributed by atoms with E-state index in [9.17, 15) is 0 Å². The van der Waals surface area contributed by atoms with Crippen molar-refractivity contribution < 1.29 is 18.3 Å². The predicted octanol–water partition coefficient (Wildman–Crippen LogP) is 13.4. The fourth-order valence-corrected chi connectivity index (χ4v) is 28.3. The molecule has 0 nitrogen and oxygen atoms in total. The van der Waals surface area contributed by atoms with E-state index >= 15 is 0 Å². The van der Waals surface area contributed by atoms with Gasteiger partial charge in [-0.2, -0.15) is 0 Å². The first-order chi connectivity index (χ1) is 24.6. The third-order valence-corrected chi connectivity index (χ3v) is 30.7.